The van der Waals surface area contributed by atoms with Crippen molar-refractivity contribution in [3.63, 3.8) is 0 Å². The molecule has 1 atom stereocenters. The molecule has 0 aliphatic heterocycles. The number of carbonyl (C=O) groups is 2. The van der Waals surface area contributed by atoms with Gasteiger partial charge in [-0.15, -0.1) is 0 Å². The van der Waals surface area contributed by atoms with Gasteiger partial charge in [-0.3, -0.25) is 19.0 Å². The van der Waals surface area contributed by atoms with Gasteiger partial charge in [-0.05, 0) is 43.2 Å². The quantitative estimate of drug-likeness (QED) is 0.458. The largest absolute Gasteiger partial charge is 0.446 e. The number of nitrogens with one attached hydrogen (secondary N) is 1. The number of amides is 1. The molecule has 0 saturated carbocycles. The normalized spacial score (nSPS) is 11.7. The molecule has 1 unspecified atom stereocenters. The minimum absolute atomic E-state index is 0.353. The summed E-state index contributed by atoms with van der Waals surface area (Å²) in [6.07, 6.45) is 0.127. The summed E-state index contributed by atoms with van der Waals surface area (Å²) in [5.41, 5.74) is 3.24. The lowest BCUT2D eigenvalue weighted by atomic mass is 10.1. The van der Waals surface area contributed by atoms with E-state index in [1.165, 1.54) is 10.9 Å². The van der Waals surface area contributed by atoms with Crippen LogP contribution in [0.15, 0.2) is 83.9 Å². The Morgan fingerprint density at radius 3 is 2.52 bits per heavy atom. The highest BCUT2D eigenvalue weighted by Crippen LogP contribution is 2.23. The van der Waals surface area contributed by atoms with Crippen LogP contribution >= 0.6 is 0 Å². The van der Waals surface area contributed by atoms with Crippen LogP contribution in [0.2, 0.25) is 0 Å². The zero-order chi connectivity index (χ0) is 23.4. The molecular weight excluding hydrogens is 418 g/mol. The Hall–Kier alpha value is -4.26. The molecule has 0 spiro atoms. The van der Waals surface area contributed by atoms with Gasteiger partial charge in [0, 0.05) is 11.3 Å². The lowest BCUT2D eigenvalue weighted by molar-refractivity contribution is -0.155. The second-order valence-corrected chi connectivity index (χ2v) is 7.78. The zero-order valence-corrected chi connectivity index (χ0v) is 18.3. The smallest absolute Gasteiger partial charge is 0.327 e. The zero-order valence-electron chi connectivity index (χ0n) is 18.3. The third kappa shape index (κ3) is 4.98. The van der Waals surface area contributed by atoms with E-state index in [1.54, 1.807) is 48.5 Å². The number of carbonyl (C=O) groups excluding carboxylic acids is 2. The highest BCUT2D eigenvalue weighted by atomic mass is 16.5. The average Bonchev–Trinajstić information content (AvgIpc) is 2.82. The van der Waals surface area contributed by atoms with Crippen LogP contribution < -0.4 is 10.9 Å². The average molecular weight is 441 g/mol. The first kappa shape index (κ1) is 22.0. The SMILES string of the molecule is Cc1ccc(C)c(NC(=O)C(OC(=O)Cn2cnc3ccccc3c2=O)c2ccccc2)c1. The number of fused-ring (bicyclic) bond motifs is 1. The van der Waals surface area contributed by atoms with E-state index in [0.717, 1.165) is 11.1 Å². The molecule has 1 amide bonds. The number of anilines is 1. The molecule has 0 saturated heterocycles. The molecule has 166 valence electrons. The molecule has 0 fully saturated rings. The van der Waals surface area contributed by atoms with E-state index in [4.69, 9.17) is 4.74 Å². The Morgan fingerprint density at radius 1 is 1.00 bits per heavy atom. The molecule has 33 heavy (non-hydrogen) atoms. The molecule has 0 bridgehead atoms. The first-order chi connectivity index (χ1) is 15.9. The van der Waals surface area contributed by atoms with E-state index in [-0.39, 0.29) is 12.1 Å². The minimum atomic E-state index is -1.18. The number of aromatic nitrogens is 2. The van der Waals surface area contributed by atoms with E-state index >= 15 is 0 Å². The van der Waals surface area contributed by atoms with Crippen molar-refractivity contribution in [1.29, 1.82) is 0 Å². The summed E-state index contributed by atoms with van der Waals surface area (Å²) >= 11 is 0. The van der Waals surface area contributed by atoms with Gasteiger partial charge in [0.1, 0.15) is 6.54 Å². The van der Waals surface area contributed by atoms with Crippen LogP contribution in [0.25, 0.3) is 10.9 Å². The van der Waals surface area contributed by atoms with Gasteiger partial charge in [-0.25, -0.2) is 4.98 Å². The maximum Gasteiger partial charge on any atom is 0.327 e. The summed E-state index contributed by atoms with van der Waals surface area (Å²) < 4.78 is 6.75. The van der Waals surface area contributed by atoms with Crippen molar-refractivity contribution in [1.82, 2.24) is 9.55 Å². The summed E-state index contributed by atoms with van der Waals surface area (Å²) in [7, 11) is 0. The summed E-state index contributed by atoms with van der Waals surface area (Å²) in [4.78, 5) is 42.8. The summed E-state index contributed by atoms with van der Waals surface area (Å²) in [5, 5.41) is 3.26. The van der Waals surface area contributed by atoms with Crippen LogP contribution in [0.3, 0.4) is 0 Å². The van der Waals surface area contributed by atoms with E-state index in [1.807, 2.05) is 38.1 Å². The molecule has 1 aromatic heterocycles. The van der Waals surface area contributed by atoms with Crippen molar-refractivity contribution >= 4 is 28.5 Å². The fraction of sp³-hybridized carbons (Fsp3) is 0.154. The highest BCUT2D eigenvalue weighted by molar-refractivity contribution is 5.96. The van der Waals surface area contributed by atoms with E-state index < -0.39 is 18.0 Å². The number of esters is 1. The van der Waals surface area contributed by atoms with Crippen molar-refractivity contribution in [2.24, 2.45) is 0 Å². The minimum Gasteiger partial charge on any atom is -0.446 e. The van der Waals surface area contributed by atoms with Crippen LogP contribution in [0.5, 0.6) is 0 Å². The van der Waals surface area contributed by atoms with Crippen molar-refractivity contribution in [3.05, 3.63) is 106 Å². The first-order valence-electron chi connectivity index (χ1n) is 10.5. The molecule has 7 nitrogen and oxygen atoms in total. The van der Waals surface area contributed by atoms with Gasteiger partial charge in [0.05, 0.1) is 17.2 Å². The van der Waals surface area contributed by atoms with Gasteiger partial charge >= 0.3 is 5.97 Å². The molecule has 4 aromatic rings. The molecule has 7 heteroatoms. The molecule has 1 heterocycles. The van der Waals surface area contributed by atoms with Crippen LogP contribution in [0, 0.1) is 13.8 Å². The summed E-state index contributed by atoms with van der Waals surface area (Å²) in [6, 6.07) is 21.4. The number of hydrogen-bond acceptors (Lipinski definition) is 5. The summed E-state index contributed by atoms with van der Waals surface area (Å²) in [5.74, 6) is -1.20. The van der Waals surface area contributed by atoms with E-state index in [9.17, 15) is 14.4 Å². The molecule has 4 rings (SSSR count). The van der Waals surface area contributed by atoms with Gasteiger partial charge in [0.25, 0.3) is 11.5 Å². The van der Waals surface area contributed by atoms with Gasteiger partial charge in [0.15, 0.2) is 0 Å². The van der Waals surface area contributed by atoms with Gasteiger partial charge in [-0.1, -0.05) is 54.6 Å². The van der Waals surface area contributed by atoms with E-state index in [2.05, 4.69) is 10.3 Å². The van der Waals surface area contributed by atoms with Crippen LogP contribution in [0.1, 0.15) is 22.8 Å². The number of rotatable bonds is 6. The maximum absolute atomic E-state index is 13.1. The Labute approximate surface area is 190 Å². The maximum atomic E-state index is 13.1. The third-order valence-corrected chi connectivity index (χ3v) is 5.27. The third-order valence-electron chi connectivity index (χ3n) is 5.27. The van der Waals surface area contributed by atoms with Crippen LogP contribution in [-0.2, 0) is 20.9 Å². The van der Waals surface area contributed by atoms with E-state index in [0.29, 0.717) is 22.2 Å². The molecule has 0 aliphatic rings. The molecule has 3 aromatic carbocycles. The van der Waals surface area contributed by atoms with Gasteiger partial charge < -0.3 is 10.1 Å². The Kier molecular flexibility index (Phi) is 6.31. The number of aryl methyl sites for hydroxylation is 2. The molecular formula is C26H23N3O4. The number of ether oxygens (including phenoxy) is 1. The fourth-order valence-electron chi connectivity index (χ4n) is 3.50. The Morgan fingerprint density at radius 2 is 1.73 bits per heavy atom. The molecule has 1 N–H and O–H groups in total. The Balaban J connectivity index is 1.57. The van der Waals surface area contributed by atoms with Gasteiger partial charge in [-0.2, -0.15) is 0 Å². The second-order valence-electron chi connectivity index (χ2n) is 7.78. The van der Waals surface area contributed by atoms with Crippen molar-refractivity contribution in [3.8, 4) is 0 Å². The van der Waals surface area contributed by atoms with Gasteiger partial charge in [0.2, 0.25) is 6.10 Å². The number of hydrogen-bond donors (Lipinski definition) is 1. The van der Waals surface area contributed by atoms with Crippen molar-refractivity contribution in [2.45, 2.75) is 26.5 Å². The summed E-state index contributed by atoms with van der Waals surface area (Å²) in [6.45, 7) is 3.45. The molecule has 0 aliphatic carbocycles. The first-order valence-corrected chi connectivity index (χ1v) is 10.5. The predicted molar refractivity (Wildman–Crippen MR) is 126 cm³/mol. The fourth-order valence-corrected chi connectivity index (χ4v) is 3.50. The Bertz CT molecular complexity index is 1380. The number of nitrogens with zero attached hydrogens (tertiary/aromatic N) is 2. The number of para-hydroxylation sites is 1. The highest BCUT2D eigenvalue weighted by Gasteiger charge is 2.26. The molecule has 0 radical (unpaired) electrons. The van der Waals surface area contributed by atoms with Crippen molar-refractivity contribution in [2.75, 3.05) is 5.32 Å². The lowest BCUT2D eigenvalue weighted by Crippen LogP contribution is -2.30. The van der Waals surface area contributed by atoms with Crippen LogP contribution in [-0.4, -0.2) is 21.4 Å². The second kappa shape index (κ2) is 9.48. The predicted octanol–water partition coefficient (Wildman–Crippen LogP) is 3.94. The standard InChI is InChI=1S/C26H23N3O4/c1-17-12-13-18(2)22(14-17)28-25(31)24(19-8-4-3-5-9-19)33-23(30)15-29-16-27-21-11-7-6-10-20(21)26(29)32/h3-14,16,24H,15H2,1-2H3,(H,28,31). The topological polar surface area (TPSA) is 90.3 Å². The van der Waals surface area contributed by atoms with Crippen LogP contribution in [0.4, 0.5) is 5.69 Å². The monoisotopic (exact) mass is 441 g/mol. The van der Waals surface area contributed by atoms with Crippen molar-refractivity contribution < 1.29 is 14.3 Å². The number of benzene rings is 3. The lowest BCUT2D eigenvalue weighted by Gasteiger charge is -2.19.